The van der Waals surface area contributed by atoms with E-state index in [1.807, 2.05) is 0 Å². The summed E-state index contributed by atoms with van der Waals surface area (Å²) in [7, 11) is 0. The monoisotopic (exact) mass is 523 g/mol. The van der Waals surface area contributed by atoms with Gasteiger partial charge in [-0.1, -0.05) is 26.7 Å². The van der Waals surface area contributed by atoms with Gasteiger partial charge in [0.2, 0.25) is 0 Å². The van der Waals surface area contributed by atoms with E-state index in [0.717, 1.165) is 13.1 Å². The van der Waals surface area contributed by atoms with E-state index < -0.39 is 18.3 Å². The number of rotatable bonds is 16. The van der Waals surface area contributed by atoms with Crippen LogP contribution in [0.2, 0.25) is 0 Å². The molecule has 0 fully saturated rings. The summed E-state index contributed by atoms with van der Waals surface area (Å²) in [6.07, 6.45) is 3.69. The van der Waals surface area contributed by atoms with Crippen molar-refractivity contribution in [1.82, 2.24) is 10.6 Å². The van der Waals surface area contributed by atoms with Gasteiger partial charge >= 0.3 is 18.3 Å². The van der Waals surface area contributed by atoms with Crippen LogP contribution >= 0.6 is 0 Å². The van der Waals surface area contributed by atoms with Crippen molar-refractivity contribution in [1.29, 1.82) is 0 Å². The number of aliphatic imine (C=N–C) groups is 1. The summed E-state index contributed by atoms with van der Waals surface area (Å²) in [5.74, 6) is 0.0177. The van der Waals surface area contributed by atoms with Gasteiger partial charge in [-0.3, -0.25) is 4.99 Å². The summed E-state index contributed by atoms with van der Waals surface area (Å²) in [6, 6.07) is -0.334. The summed E-state index contributed by atoms with van der Waals surface area (Å²) >= 11 is 0. The number of carbonyl (C=O) groups is 3. The Kier molecular flexibility index (Phi) is 31.2. The molecular weight excluding hydrogens is 474 g/mol. The van der Waals surface area contributed by atoms with E-state index in [-0.39, 0.29) is 44.9 Å². The van der Waals surface area contributed by atoms with Crippen molar-refractivity contribution < 1.29 is 28.6 Å². The standard InChI is InChI=1S/C13H27N7O6.2C4H11N/c14-9(2-1-3-18-10(15)16)8-26-13(23)20-5-7-25-12(22)19-4-6-24-11(17)21;2*1-2-3-4-5/h9H,1-8,14H2,(H2,17,21)(H,19,22)(H,20,23)(H4,15,16,18);2*2-5H2,1H3. The first-order valence-electron chi connectivity index (χ1n) is 12.1. The Morgan fingerprint density at radius 3 is 1.72 bits per heavy atom. The topological polar surface area (TPSA) is 271 Å². The summed E-state index contributed by atoms with van der Waals surface area (Å²) < 4.78 is 14.1. The number of nitrogens with zero attached hydrogens (tertiary/aromatic N) is 1. The summed E-state index contributed by atoms with van der Waals surface area (Å²) in [5.41, 5.74) is 31.2. The Bertz CT molecular complexity index is 554. The van der Waals surface area contributed by atoms with Crippen molar-refractivity contribution in [3.8, 4) is 0 Å². The Balaban J connectivity index is -0.000000910. The minimum Gasteiger partial charge on any atom is -0.448 e. The van der Waals surface area contributed by atoms with E-state index in [1.165, 1.54) is 25.7 Å². The van der Waals surface area contributed by atoms with Crippen LogP contribution in [0.4, 0.5) is 14.4 Å². The number of alkyl carbamates (subject to hydrolysis) is 2. The van der Waals surface area contributed by atoms with Crippen molar-refractivity contribution in [3.63, 3.8) is 0 Å². The third-order valence-electron chi connectivity index (χ3n) is 3.79. The lowest BCUT2D eigenvalue weighted by atomic mass is 10.2. The molecule has 0 saturated carbocycles. The molecule has 3 amide bonds. The van der Waals surface area contributed by atoms with E-state index in [1.54, 1.807) is 0 Å². The van der Waals surface area contributed by atoms with Crippen LogP contribution < -0.4 is 45.0 Å². The molecule has 214 valence electrons. The second-order valence-corrected chi connectivity index (χ2v) is 7.25. The molecule has 0 aromatic heterocycles. The van der Waals surface area contributed by atoms with E-state index in [2.05, 4.69) is 34.2 Å². The Hall–Kier alpha value is -3.04. The molecule has 0 spiro atoms. The zero-order valence-corrected chi connectivity index (χ0v) is 21.8. The molecule has 1 unspecified atom stereocenters. The number of guanidine groups is 1. The van der Waals surface area contributed by atoms with Gasteiger partial charge in [0.1, 0.15) is 19.8 Å². The first-order valence-corrected chi connectivity index (χ1v) is 12.1. The van der Waals surface area contributed by atoms with Crippen molar-refractivity contribution >= 4 is 24.2 Å². The van der Waals surface area contributed by atoms with Crippen LogP contribution in [0.3, 0.4) is 0 Å². The number of hydrogen-bond donors (Lipinski definition) is 8. The quantitative estimate of drug-likeness (QED) is 0.0547. The number of nitrogens with two attached hydrogens (primary N) is 6. The predicted octanol–water partition coefficient (Wildman–Crippen LogP) is -0.595. The highest BCUT2D eigenvalue weighted by Gasteiger charge is 2.08. The lowest BCUT2D eigenvalue weighted by Gasteiger charge is -2.12. The van der Waals surface area contributed by atoms with E-state index in [0.29, 0.717) is 19.4 Å². The third-order valence-corrected chi connectivity index (χ3v) is 3.79. The Morgan fingerprint density at radius 2 is 1.31 bits per heavy atom. The zero-order chi connectivity index (χ0) is 28.0. The molecule has 0 aliphatic rings. The molecule has 0 heterocycles. The summed E-state index contributed by atoms with van der Waals surface area (Å²) in [5, 5.41) is 4.71. The van der Waals surface area contributed by atoms with Crippen molar-refractivity contribution in [2.75, 3.05) is 52.5 Å². The molecule has 0 aromatic carbocycles. The summed E-state index contributed by atoms with van der Waals surface area (Å²) in [4.78, 5) is 36.7. The number of amides is 3. The van der Waals surface area contributed by atoms with Crippen LogP contribution in [0, 0.1) is 0 Å². The van der Waals surface area contributed by atoms with Crippen LogP contribution in [0.25, 0.3) is 0 Å². The molecular formula is C21H49N9O6. The maximum atomic E-state index is 11.4. The van der Waals surface area contributed by atoms with Gasteiger partial charge in [-0.25, -0.2) is 14.4 Å². The second-order valence-electron chi connectivity index (χ2n) is 7.25. The van der Waals surface area contributed by atoms with E-state index in [9.17, 15) is 14.4 Å². The number of ether oxygens (including phenoxy) is 3. The normalized spacial score (nSPS) is 10.2. The van der Waals surface area contributed by atoms with Gasteiger partial charge in [-0.05, 0) is 38.8 Å². The minimum atomic E-state index is -0.934. The molecule has 36 heavy (non-hydrogen) atoms. The van der Waals surface area contributed by atoms with Crippen LogP contribution in [-0.2, 0) is 14.2 Å². The average Bonchev–Trinajstić information content (AvgIpc) is 2.82. The molecule has 0 aliphatic carbocycles. The molecule has 15 nitrogen and oxygen atoms in total. The predicted molar refractivity (Wildman–Crippen MR) is 140 cm³/mol. The van der Waals surface area contributed by atoms with Crippen molar-refractivity contribution in [3.05, 3.63) is 0 Å². The molecule has 0 radical (unpaired) electrons. The Labute approximate surface area is 214 Å². The largest absolute Gasteiger partial charge is 0.448 e. The maximum absolute atomic E-state index is 11.4. The maximum Gasteiger partial charge on any atom is 0.407 e. The number of nitrogens with one attached hydrogen (secondary N) is 2. The number of unbranched alkanes of at least 4 members (excludes halogenated alkanes) is 2. The fourth-order valence-corrected chi connectivity index (χ4v) is 1.94. The first kappa shape index (κ1) is 37.5. The van der Waals surface area contributed by atoms with Gasteiger partial charge in [-0.15, -0.1) is 0 Å². The number of carbonyl (C=O) groups excluding carboxylic acids is 3. The summed E-state index contributed by atoms with van der Waals surface area (Å²) in [6.45, 7) is 6.42. The van der Waals surface area contributed by atoms with Gasteiger partial charge < -0.3 is 59.2 Å². The number of hydrogen-bond acceptors (Lipinski definition) is 10. The zero-order valence-electron chi connectivity index (χ0n) is 21.8. The highest BCUT2D eigenvalue weighted by molar-refractivity contribution is 5.75. The molecule has 0 rings (SSSR count). The number of primary amides is 1. The molecule has 15 heteroatoms. The molecule has 1 atom stereocenters. The van der Waals surface area contributed by atoms with Crippen molar-refractivity contribution in [2.24, 2.45) is 39.4 Å². The van der Waals surface area contributed by atoms with E-state index >= 15 is 0 Å². The fraction of sp³-hybridized carbons (Fsp3) is 0.810. The average molecular weight is 524 g/mol. The smallest absolute Gasteiger partial charge is 0.407 e. The van der Waals surface area contributed by atoms with Crippen LogP contribution in [0.5, 0.6) is 0 Å². The molecule has 0 aliphatic heterocycles. The van der Waals surface area contributed by atoms with Gasteiger partial charge in [0.15, 0.2) is 5.96 Å². The van der Waals surface area contributed by atoms with Crippen LogP contribution in [-0.4, -0.2) is 82.8 Å². The molecule has 14 N–H and O–H groups in total. The fourth-order valence-electron chi connectivity index (χ4n) is 1.94. The van der Waals surface area contributed by atoms with Gasteiger partial charge in [-0.2, -0.15) is 0 Å². The van der Waals surface area contributed by atoms with Crippen LogP contribution in [0.15, 0.2) is 4.99 Å². The first-order chi connectivity index (χ1) is 17.1. The lowest BCUT2D eigenvalue weighted by molar-refractivity contribution is 0.125. The lowest BCUT2D eigenvalue weighted by Crippen LogP contribution is -2.35. The molecule has 0 saturated heterocycles. The van der Waals surface area contributed by atoms with Crippen LogP contribution in [0.1, 0.15) is 52.4 Å². The highest BCUT2D eigenvalue weighted by Crippen LogP contribution is 1.96. The molecule has 0 aromatic rings. The SMILES string of the molecule is CCCCN.CCCCN.NC(=O)OCCNC(=O)OCCNC(=O)OCC(N)CCCN=C(N)N. The minimum absolute atomic E-state index is 0.0177. The third kappa shape index (κ3) is 38.2. The van der Waals surface area contributed by atoms with Crippen molar-refractivity contribution in [2.45, 2.75) is 58.4 Å². The Morgan fingerprint density at radius 1 is 0.806 bits per heavy atom. The molecule has 0 bridgehead atoms. The highest BCUT2D eigenvalue weighted by atomic mass is 16.6. The second kappa shape index (κ2) is 30.0. The van der Waals surface area contributed by atoms with Gasteiger partial charge in [0, 0.05) is 12.6 Å². The van der Waals surface area contributed by atoms with E-state index in [4.69, 9.17) is 43.9 Å². The van der Waals surface area contributed by atoms with Gasteiger partial charge in [0.05, 0.1) is 13.1 Å². The van der Waals surface area contributed by atoms with Gasteiger partial charge in [0.25, 0.3) is 0 Å².